The van der Waals surface area contributed by atoms with Crippen LogP contribution in [0.5, 0.6) is 0 Å². The summed E-state index contributed by atoms with van der Waals surface area (Å²) in [5.41, 5.74) is 0.485. The second-order valence-electron chi connectivity index (χ2n) is 5.48. The second-order valence-corrected chi connectivity index (χ2v) is 5.48. The van der Waals surface area contributed by atoms with E-state index in [-0.39, 0.29) is 0 Å². The van der Waals surface area contributed by atoms with E-state index in [1.54, 1.807) is 0 Å². The number of hydrogen-bond acceptors (Lipinski definition) is 2. The molecule has 2 aliphatic rings. The van der Waals surface area contributed by atoms with Crippen molar-refractivity contribution in [3.8, 4) is 0 Å². The highest BCUT2D eigenvalue weighted by Gasteiger charge is 2.53. The lowest BCUT2D eigenvalue weighted by molar-refractivity contribution is 0.0462. The first-order chi connectivity index (χ1) is 7.29. The minimum absolute atomic E-state index is 0.485. The highest BCUT2D eigenvalue weighted by Crippen LogP contribution is 2.59. The number of fused-ring (bicyclic) bond motifs is 1. The molecule has 0 aromatic heterocycles. The summed E-state index contributed by atoms with van der Waals surface area (Å²) >= 11 is 0. The number of nitrogens with one attached hydrogen (secondary N) is 1. The molecule has 2 heteroatoms. The molecule has 2 unspecified atom stereocenters. The van der Waals surface area contributed by atoms with Crippen molar-refractivity contribution < 1.29 is 4.74 Å². The molecule has 2 aliphatic carbocycles. The van der Waals surface area contributed by atoms with Crippen LogP contribution in [0.15, 0.2) is 0 Å². The monoisotopic (exact) mass is 211 g/mol. The quantitative estimate of drug-likeness (QED) is 0.653. The van der Waals surface area contributed by atoms with Crippen molar-refractivity contribution in [1.29, 1.82) is 0 Å². The van der Waals surface area contributed by atoms with Crippen LogP contribution in [-0.2, 0) is 4.74 Å². The lowest BCUT2D eigenvalue weighted by atomic mass is 9.83. The lowest BCUT2D eigenvalue weighted by Crippen LogP contribution is -2.37. The Balaban J connectivity index is 1.79. The summed E-state index contributed by atoms with van der Waals surface area (Å²) in [6.45, 7) is 8.51. The van der Waals surface area contributed by atoms with Gasteiger partial charge in [0.05, 0.1) is 6.61 Å². The molecule has 0 radical (unpaired) electrons. The minimum Gasteiger partial charge on any atom is -0.381 e. The SMILES string of the molecule is CCCNCC1(COCC)CC2CC2C1. The van der Waals surface area contributed by atoms with E-state index in [1.165, 1.54) is 32.2 Å². The van der Waals surface area contributed by atoms with E-state index in [0.29, 0.717) is 5.41 Å². The van der Waals surface area contributed by atoms with Gasteiger partial charge >= 0.3 is 0 Å². The first kappa shape index (κ1) is 11.4. The van der Waals surface area contributed by atoms with E-state index in [9.17, 15) is 0 Å². The van der Waals surface area contributed by atoms with Crippen molar-refractivity contribution in [2.24, 2.45) is 17.3 Å². The Kier molecular flexibility index (Phi) is 3.68. The van der Waals surface area contributed by atoms with E-state index in [0.717, 1.165) is 31.6 Å². The Morgan fingerprint density at radius 3 is 2.60 bits per heavy atom. The predicted molar refractivity (Wildman–Crippen MR) is 62.9 cm³/mol. The van der Waals surface area contributed by atoms with E-state index in [1.807, 2.05) is 0 Å². The highest BCUT2D eigenvalue weighted by atomic mass is 16.5. The topological polar surface area (TPSA) is 21.3 Å². The van der Waals surface area contributed by atoms with Gasteiger partial charge < -0.3 is 10.1 Å². The van der Waals surface area contributed by atoms with Crippen LogP contribution in [-0.4, -0.2) is 26.3 Å². The van der Waals surface area contributed by atoms with Crippen molar-refractivity contribution in [2.45, 2.75) is 39.5 Å². The van der Waals surface area contributed by atoms with Crippen molar-refractivity contribution in [2.75, 3.05) is 26.3 Å². The van der Waals surface area contributed by atoms with Crippen LogP contribution < -0.4 is 5.32 Å². The molecule has 2 nitrogen and oxygen atoms in total. The largest absolute Gasteiger partial charge is 0.381 e. The van der Waals surface area contributed by atoms with Gasteiger partial charge in [-0.3, -0.25) is 0 Å². The fraction of sp³-hybridized carbons (Fsp3) is 1.00. The standard InChI is InChI=1S/C13H25NO/c1-3-5-14-9-13(10-15-4-2)7-11-6-12(11)8-13/h11-12,14H,3-10H2,1-2H3. The van der Waals surface area contributed by atoms with Gasteiger partial charge in [0.1, 0.15) is 0 Å². The van der Waals surface area contributed by atoms with Crippen LogP contribution >= 0.6 is 0 Å². The van der Waals surface area contributed by atoms with E-state index < -0.39 is 0 Å². The van der Waals surface area contributed by atoms with Crippen LogP contribution in [0, 0.1) is 17.3 Å². The molecule has 2 rings (SSSR count). The van der Waals surface area contributed by atoms with Crippen molar-refractivity contribution in [3.05, 3.63) is 0 Å². The average Bonchev–Trinajstić information content (AvgIpc) is 2.85. The summed E-state index contributed by atoms with van der Waals surface area (Å²) in [6, 6.07) is 0. The zero-order valence-corrected chi connectivity index (χ0v) is 10.2. The fourth-order valence-corrected chi connectivity index (χ4v) is 3.17. The molecule has 0 saturated heterocycles. The average molecular weight is 211 g/mol. The molecule has 0 spiro atoms. The molecule has 0 aromatic rings. The highest BCUT2D eigenvalue weighted by molar-refractivity contribution is 5.04. The van der Waals surface area contributed by atoms with Crippen molar-refractivity contribution in [1.82, 2.24) is 5.32 Å². The summed E-state index contributed by atoms with van der Waals surface area (Å²) in [5, 5.41) is 3.59. The molecule has 2 fully saturated rings. The zero-order chi connectivity index (χ0) is 10.7. The normalized spacial score (nSPS) is 38.0. The van der Waals surface area contributed by atoms with Gasteiger partial charge in [-0.2, -0.15) is 0 Å². The molecular formula is C13H25NO. The van der Waals surface area contributed by atoms with Crippen LogP contribution in [0.1, 0.15) is 39.5 Å². The lowest BCUT2D eigenvalue weighted by Gasteiger charge is -2.31. The van der Waals surface area contributed by atoms with E-state index in [2.05, 4.69) is 19.2 Å². The Hall–Kier alpha value is -0.0800. The van der Waals surface area contributed by atoms with Crippen LogP contribution in [0.2, 0.25) is 0 Å². The Morgan fingerprint density at radius 1 is 1.27 bits per heavy atom. The first-order valence-electron chi connectivity index (χ1n) is 6.58. The Bertz CT molecular complexity index is 195. The van der Waals surface area contributed by atoms with Crippen LogP contribution in [0.4, 0.5) is 0 Å². The number of rotatable bonds is 7. The van der Waals surface area contributed by atoms with Gasteiger partial charge in [0, 0.05) is 18.6 Å². The van der Waals surface area contributed by atoms with Crippen LogP contribution in [0.3, 0.4) is 0 Å². The second kappa shape index (κ2) is 4.84. The molecular weight excluding hydrogens is 186 g/mol. The Labute approximate surface area is 93.8 Å². The maximum absolute atomic E-state index is 5.68. The van der Waals surface area contributed by atoms with Crippen LogP contribution in [0.25, 0.3) is 0 Å². The first-order valence-corrected chi connectivity index (χ1v) is 6.58. The third-order valence-corrected chi connectivity index (χ3v) is 4.00. The van der Waals surface area contributed by atoms with Gasteiger partial charge in [-0.25, -0.2) is 0 Å². The van der Waals surface area contributed by atoms with Gasteiger partial charge in [-0.05, 0) is 51.0 Å². The summed E-state index contributed by atoms with van der Waals surface area (Å²) in [5.74, 6) is 2.10. The molecule has 2 saturated carbocycles. The summed E-state index contributed by atoms with van der Waals surface area (Å²) in [4.78, 5) is 0. The molecule has 88 valence electrons. The minimum atomic E-state index is 0.485. The molecule has 15 heavy (non-hydrogen) atoms. The molecule has 0 bridgehead atoms. The predicted octanol–water partition coefficient (Wildman–Crippen LogP) is 2.44. The summed E-state index contributed by atoms with van der Waals surface area (Å²) in [7, 11) is 0. The Morgan fingerprint density at radius 2 is 2.00 bits per heavy atom. The van der Waals surface area contributed by atoms with Gasteiger partial charge in [-0.1, -0.05) is 6.92 Å². The van der Waals surface area contributed by atoms with E-state index in [4.69, 9.17) is 4.74 Å². The zero-order valence-electron chi connectivity index (χ0n) is 10.2. The molecule has 0 aromatic carbocycles. The van der Waals surface area contributed by atoms with Crippen molar-refractivity contribution >= 4 is 0 Å². The smallest absolute Gasteiger partial charge is 0.0534 e. The van der Waals surface area contributed by atoms with Gasteiger partial charge in [0.25, 0.3) is 0 Å². The maximum atomic E-state index is 5.68. The van der Waals surface area contributed by atoms with Gasteiger partial charge in [-0.15, -0.1) is 0 Å². The molecule has 0 aliphatic heterocycles. The molecule has 1 N–H and O–H groups in total. The molecule has 2 atom stereocenters. The van der Waals surface area contributed by atoms with Crippen molar-refractivity contribution in [3.63, 3.8) is 0 Å². The van der Waals surface area contributed by atoms with Gasteiger partial charge in [0.15, 0.2) is 0 Å². The van der Waals surface area contributed by atoms with E-state index >= 15 is 0 Å². The molecule has 0 amide bonds. The number of ether oxygens (including phenoxy) is 1. The summed E-state index contributed by atoms with van der Waals surface area (Å²) < 4.78 is 5.68. The van der Waals surface area contributed by atoms with Gasteiger partial charge in [0.2, 0.25) is 0 Å². The summed E-state index contributed by atoms with van der Waals surface area (Å²) in [6.07, 6.45) is 5.56. The fourth-order valence-electron chi connectivity index (χ4n) is 3.17. The molecule has 0 heterocycles. The maximum Gasteiger partial charge on any atom is 0.0534 e. The third kappa shape index (κ3) is 2.73. The number of hydrogen-bond donors (Lipinski definition) is 1. The third-order valence-electron chi connectivity index (χ3n) is 4.00.